The van der Waals surface area contributed by atoms with Crippen LogP contribution in [0.2, 0.25) is 0 Å². The maximum absolute atomic E-state index is 11.0. The third kappa shape index (κ3) is 1.63. The van der Waals surface area contributed by atoms with E-state index < -0.39 is 5.97 Å². The van der Waals surface area contributed by atoms with Gasteiger partial charge in [-0.05, 0) is 24.5 Å². The molecule has 0 amide bonds. The van der Waals surface area contributed by atoms with Gasteiger partial charge in [-0.1, -0.05) is 6.07 Å². The van der Waals surface area contributed by atoms with Crippen molar-refractivity contribution in [3.05, 3.63) is 23.3 Å². The van der Waals surface area contributed by atoms with E-state index in [1.807, 2.05) is 6.07 Å². The van der Waals surface area contributed by atoms with Gasteiger partial charge in [-0.2, -0.15) is 0 Å². The van der Waals surface area contributed by atoms with Gasteiger partial charge in [-0.3, -0.25) is 0 Å². The monoisotopic (exact) mass is 207 g/mol. The van der Waals surface area contributed by atoms with Crippen LogP contribution in [-0.4, -0.2) is 24.7 Å². The molecule has 0 saturated heterocycles. The average Bonchev–Trinajstić information content (AvgIpc) is 2.27. The third-order valence-electron chi connectivity index (χ3n) is 2.60. The molecule has 1 aliphatic rings. The van der Waals surface area contributed by atoms with Crippen molar-refractivity contribution >= 4 is 11.7 Å². The second-order valence-electron chi connectivity index (χ2n) is 3.52. The number of carbonyl (C=O) groups is 1. The SMILES string of the molecule is COc1c(C(=O)O)ccc2c1NCCC2. The van der Waals surface area contributed by atoms with Crippen molar-refractivity contribution in [1.29, 1.82) is 0 Å². The number of hydrogen-bond acceptors (Lipinski definition) is 3. The van der Waals surface area contributed by atoms with E-state index in [-0.39, 0.29) is 5.56 Å². The molecule has 0 radical (unpaired) electrons. The van der Waals surface area contributed by atoms with Gasteiger partial charge in [0.05, 0.1) is 12.8 Å². The summed E-state index contributed by atoms with van der Waals surface area (Å²) >= 11 is 0. The fourth-order valence-corrected chi connectivity index (χ4v) is 1.90. The van der Waals surface area contributed by atoms with E-state index in [4.69, 9.17) is 9.84 Å². The minimum Gasteiger partial charge on any atom is -0.494 e. The molecule has 0 atom stereocenters. The van der Waals surface area contributed by atoms with Crippen molar-refractivity contribution in [2.24, 2.45) is 0 Å². The van der Waals surface area contributed by atoms with Gasteiger partial charge in [0.2, 0.25) is 0 Å². The molecule has 4 nitrogen and oxygen atoms in total. The number of aryl methyl sites for hydroxylation is 1. The zero-order valence-corrected chi connectivity index (χ0v) is 8.54. The van der Waals surface area contributed by atoms with E-state index in [0.717, 1.165) is 30.6 Å². The second kappa shape index (κ2) is 3.81. The van der Waals surface area contributed by atoms with Gasteiger partial charge in [-0.25, -0.2) is 4.79 Å². The topological polar surface area (TPSA) is 58.6 Å². The molecule has 0 aromatic heterocycles. The highest BCUT2D eigenvalue weighted by atomic mass is 16.5. The summed E-state index contributed by atoms with van der Waals surface area (Å²) in [4.78, 5) is 11.0. The van der Waals surface area contributed by atoms with Gasteiger partial charge in [0.15, 0.2) is 5.75 Å². The maximum atomic E-state index is 11.0. The summed E-state index contributed by atoms with van der Waals surface area (Å²) in [5.41, 5.74) is 2.18. The molecule has 1 aromatic carbocycles. The van der Waals surface area contributed by atoms with Crippen LogP contribution in [0.4, 0.5) is 5.69 Å². The number of fused-ring (bicyclic) bond motifs is 1. The molecule has 80 valence electrons. The lowest BCUT2D eigenvalue weighted by Gasteiger charge is -2.21. The standard InChI is InChI=1S/C11H13NO3/c1-15-10-8(11(13)14)5-4-7-3-2-6-12-9(7)10/h4-5,12H,2-3,6H2,1H3,(H,13,14). The number of benzene rings is 1. The average molecular weight is 207 g/mol. The van der Waals surface area contributed by atoms with Gasteiger partial charge in [0, 0.05) is 6.54 Å². The summed E-state index contributed by atoms with van der Waals surface area (Å²) in [6, 6.07) is 3.46. The zero-order valence-electron chi connectivity index (χ0n) is 8.54. The van der Waals surface area contributed by atoms with E-state index in [1.54, 1.807) is 6.07 Å². The Labute approximate surface area is 87.9 Å². The molecule has 1 aliphatic heterocycles. The highest BCUT2D eigenvalue weighted by Crippen LogP contribution is 2.35. The van der Waals surface area contributed by atoms with E-state index >= 15 is 0 Å². The Hall–Kier alpha value is -1.71. The summed E-state index contributed by atoms with van der Waals surface area (Å²) < 4.78 is 5.16. The van der Waals surface area contributed by atoms with Crippen LogP contribution in [0, 0.1) is 0 Å². The van der Waals surface area contributed by atoms with Crippen LogP contribution in [-0.2, 0) is 6.42 Å². The largest absolute Gasteiger partial charge is 0.494 e. The lowest BCUT2D eigenvalue weighted by Crippen LogP contribution is -2.14. The van der Waals surface area contributed by atoms with Crippen LogP contribution in [0.1, 0.15) is 22.3 Å². The van der Waals surface area contributed by atoms with Crippen molar-refractivity contribution in [2.75, 3.05) is 19.0 Å². The fraction of sp³-hybridized carbons (Fsp3) is 0.364. The minimum absolute atomic E-state index is 0.214. The zero-order chi connectivity index (χ0) is 10.8. The number of carboxylic acid groups (broad SMARTS) is 1. The number of nitrogens with one attached hydrogen (secondary N) is 1. The highest BCUT2D eigenvalue weighted by molar-refractivity contribution is 5.94. The second-order valence-corrected chi connectivity index (χ2v) is 3.52. The summed E-state index contributed by atoms with van der Waals surface area (Å²) in [6.07, 6.45) is 2.04. The van der Waals surface area contributed by atoms with Crippen molar-refractivity contribution in [1.82, 2.24) is 0 Å². The van der Waals surface area contributed by atoms with E-state index in [0.29, 0.717) is 5.75 Å². The van der Waals surface area contributed by atoms with E-state index in [2.05, 4.69) is 5.32 Å². The number of rotatable bonds is 2. The normalized spacial score (nSPS) is 13.9. The smallest absolute Gasteiger partial charge is 0.339 e. The molecule has 0 spiro atoms. The van der Waals surface area contributed by atoms with Crippen molar-refractivity contribution in [2.45, 2.75) is 12.8 Å². The molecule has 0 unspecified atom stereocenters. The summed E-state index contributed by atoms with van der Waals surface area (Å²) in [6.45, 7) is 0.867. The van der Waals surface area contributed by atoms with E-state index in [9.17, 15) is 4.79 Å². The van der Waals surface area contributed by atoms with Crippen LogP contribution in [0.15, 0.2) is 12.1 Å². The number of hydrogen-bond donors (Lipinski definition) is 2. The number of ether oxygens (including phenoxy) is 1. The Morgan fingerprint density at radius 1 is 1.53 bits per heavy atom. The number of methoxy groups -OCH3 is 1. The lowest BCUT2D eigenvalue weighted by atomic mass is 10.00. The van der Waals surface area contributed by atoms with Gasteiger partial charge >= 0.3 is 5.97 Å². The number of carboxylic acids is 1. The van der Waals surface area contributed by atoms with E-state index in [1.165, 1.54) is 7.11 Å². The van der Waals surface area contributed by atoms with Crippen LogP contribution >= 0.6 is 0 Å². The molecule has 0 aliphatic carbocycles. The molecule has 1 heterocycles. The Balaban J connectivity index is 2.56. The van der Waals surface area contributed by atoms with Crippen LogP contribution in [0.3, 0.4) is 0 Å². The molecule has 0 fully saturated rings. The summed E-state index contributed by atoms with van der Waals surface area (Å²) in [7, 11) is 1.50. The molecular formula is C11H13NO3. The summed E-state index contributed by atoms with van der Waals surface area (Å²) in [5, 5.41) is 12.2. The first-order valence-electron chi connectivity index (χ1n) is 4.91. The van der Waals surface area contributed by atoms with Crippen LogP contribution in [0.25, 0.3) is 0 Å². The molecule has 0 bridgehead atoms. The van der Waals surface area contributed by atoms with Crippen LogP contribution in [0.5, 0.6) is 5.75 Å². The quantitative estimate of drug-likeness (QED) is 0.775. The molecule has 2 N–H and O–H groups in total. The molecule has 1 aromatic rings. The van der Waals surface area contributed by atoms with Crippen molar-refractivity contribution < 1.29 is 14.6 Å². The van der Waals surface area contributed by atoms with Crippen molar-refractivity contribution in [3.8, 4) is 5.75 Å². The van der Waals surface area contributed by atoms with Crippen molar-refractivity contribution in [3.63, 3.8) is 0 Å². The fourth-order valence-electron chi connectivity index (χ4n) is 1.90. The van der Waals surface area contributed by atoms with Gasteiger partial charge in [-0.15, -0.1) is 0 Å². The predicted octanol–water partition coefficient (Wildman–Crippen LogP) is 1.75. The highest BCUT2D eigenvalue weighted by Gasteiger charge is 2.20. The Bertz CT molecular complexity index is 401. The Morgan fingerprint density at radius 3 is 3.00 bits per heavy atom. The number of aromatic carboxylic acids is 1. The van der Waals surface area contributed by atoms with Crippen LogP contribution < -0.4 is 10.1 Å². The molecule has 4 heteroatoms. The molecule has 2 rings (SSSR count). The Kier molecular flexibility index (Phi) is 2.49. The van der Waals surface area contributed by atoms with Gasteiger partial charge in [0.1, 0.15) is 5.56 Å². The number of anilines is 1. The Morgan fingerprint density at radius 2 is 2.33 bits per heavy atom. The first-order valence-corrected chi connectivity index (χ1v) is 4.91. The molecule has 15 heavy (non-hydrogen) atoms. The summed E-state index contributed by atoms with van der Waals surface area (Å²) in [5.74, 6) is -0.512. The molecule has 0 saturated carbocycles. The molecular weight excluding hydrogens is 194 g/mol. The first kappa shape index (κ1) is 9.83. The first-order chi connectivity index (χ1) is 7.24. The van der Waals surface area contributed by atoms with Gasteiger partial charge < -0.3 is 15.2 Å². The third-order valence-corrected chi connectivity index (χ3v) is 2.60. The predicted molar refractivity (Wildman–Crippen MR) is 56.8 cm³/mol. The van der Waals surface area contributed by atoms with Gasteiger partial charge in [0.25, 0.3) is 0 Å². The minimum atomic E-state index is -0.956. The maximum Gasteiger partial charge on any atom is 0.339 e. The lowest BCUT2D eigenvalue weighted by molar-refractivity contribution is 0.0693.